The Hall–Kier alpha value is -1.70. The van der Waals surface area contributed by atoms with Gasteiger partial charge in [-0.15, -0.1) is 0 Å². The largest absolute Gasteiger partial charge is 0.508 e. The summed E-state index contributed by atoms with van der Waals surface area (Å²) in [6.07, 6.45) is 0. The van der Waals surface area contributed by atoms with Gasteiger partial charge in [0.25, 0.3) is 0 Å². The molecule has 0 atom stereocenters. The Labute approximate surface area is 84.8 Å². The lowest BCUT2D eigenvalue weighted by Crippen LogP contribution is -2.16. The van der Waals surface area contributed by atoms with Gasteiger partial charge < -0.3 is 10.0 Å². The summed E-state index contributed by atoms with van der Waals surface area (Å²) in [5, 5.41) is 9.15. The number of phenolic OH excluding ortho intramolecular Hbond substituents is 1. The van der Waals surface area contributed by atoms with E-state index in [0.29, 0.717) is 0 Å². The molecule has 1 aromatic rings. The third-order valence-corrected chi connectivity index (χ3v) is 1.87. The Morgan fingerprint density at radius 1 is 1.07 bits per heavy atom. The average molecular weight is 189 g/mol. The topological polar surface area (TPSA) is 23.5 Å². The van der Waals surface area contributed by atoms with Crippen LogP contribution in [0.1, 0.15) is 13.8 Å². The highest BCUT2D eigenvalue weighted by molar-refractivity contribution is 5.57. The maximum Gasteiger partial charge on any atom is 0.115 e. The van der Waals surface area contributed by atoms with Crippen molar-refractivity contribution in [3.8, 4) is 5.75 Å². The minimum Gasteiger partial charge on any atom is -0.508 e. The van der Waals surface area contributed by atoms with Crippen LogP contribution < -0.4 is 4.90 Å². The second-order valence-electron chi connectivity index (χ2n) is 3.32. The van der Waals surface area contributed by atoms with Gasteiger partial charge in [-0.05, 0) is 38.1 Å². The number of allylic oxidation sites excluding steroid dienone is 2. The SMILES string of the molecule is C=C(C)N(C(=C)C)c1ccc(O)cc1. The highest BCUT2D eigenvalue weighted by Crippen LogP contribution is 2.24. The molecule has 0 bridgehead atoms. The summed E-state index contributed by atoms with van der Waals surface area (Å²) in [5.74, 6) is 0.261. The Morgan fingerprint density at radius 2 is 1.50 bits per heavy atom. The van der Waals surface area contributed by atoms with Gasteiger partial charge in [-0.3, -0.25) is 0 Å². The van der Waals surface area contributed by atoms with Gasteiger partial charge in [0.2, 0.25) is 0 Å². The second kappa shape index (κ2) is 4.01. The maximum absolute atomic E-state index is 9.15. The highest BCUT2D eigenvalue weighted by atomic mass is 16.3. The number of hydrogen-bond donors (Lipinski definition) is 1. The van der Waals surface area contributed by atoms with Crippen LogP contribution in [0.4, 0.5) is 5.69 Å². The maximum atomic E-state index is 9.15. The first-order valence-electron chi connectivity index (χ1n) is 4.42. The molecule has 0 saturated heterocycles. The van der Waals surface area contributed by atoms with E-state index in [9.17, 15) is 0 Å². The number of benzene rings is 1. The molecule has 0 fully saturated rings. The third kappa shape index (κ3) is 2.16. The van der Waals surface area contributed by atoms with Crippen molar-refractivity contribution in [2.75, 3.05) is 4.90 Å². The molecule has 14 heavy (non-hydrogen) atoms. The van der Waals surface area contributed by atoms with Crippen LogP contribution in [0.3, 0.4) is 0 Å². The van der Waals surface area contributed by atoms with Crippen LogP contribution in [0, 0.1) is 0 Å². The molecule has 74 valence electrons. The second-order valence-corrected chi connectivity index (χ2v) is 3.32. The predicted octanol–water partition coefficient (Wildman–Crippen LogP) is 3.27. The van der Waals surface area contributed by atoms with Gasteiger partial charge in [0.05, 0.1) is 0 Å². The summed E-state index contributed by atoms with van der Waals surface area (Å²) < 4.78 is 0. The van der Waals surface area contributed by atoms with Crippen LogP contribution in [-0.4, -0.2) is 5.11 Å². The van der Waals surface area contributed by atoms with Crippen molar-refractivity contribution in [2.24, 2.45) is 0 Å². The number of nitrogens with zero attached hydrogens (tertiary/aromatic N) is 1. The molecule has 1 aromatic carbocycles. The molecule has 1 N–H and O–H groups in total. The number of rotatable bonds is 3. The lowest BCUT2D eigenvalue weighted by Gasteiger charge is -2.24. The Kier molecular flexibility index (Phi) is 2.97. The Bertz CT molecular complexity index is 337. The van der Waals surface area contributed by atoms with Gasteiger partial charge in [0, 0.05) is 17.1 Å². The molecule has 0 aliphatic heterocycles. The van der Waals surface area contributed by atoms with Crippen molar-refractivity contribution in [2.45, 2.75) is 13.8 Å². The first-order valence-corrected chi connectivity index (χ1v) is 4.42. The van der Waals surface area contributed by atoms with Crippen LogP contribution in [-0.2, 0) is 0 Å². The first kappa shape index (κ1) is 10.4. The number of aromatic hydroxyl groups is 1. The summed E-state index contributed by atoms with van der Waals surface area (Å²) in [7, 11) is 0. The zero-order valence-corrected chi connectivity index (χ0v) is 8.62. The molecule has 2 nitrogen and oxygen atoms in total. The van der Waals surface area contributed by atoms with E-state index in [1.165, 1.54) is 0 Å². The summed E-state index contributed by atoms with van der Waals surface area (Å²) in [6.45, 7) is 11.6. The molecule has 0 saturated carbocycles. The quantitative estimate of drug-likeness (QED) is 0.788. The van der Waals surface area contributed by atoms with Crippen LogP contribution in [0.15, 0.2) is 48.8 Å². The molecule has 0 spiro atoms. The number of anilines is 1. The smallest absolute Gasteiger partial charge is 0.115 e. The van der Waals surface area contributed by atoms with Crippen molar-refractivity contribution < 1.29 is 5.11 Å². The van der Waals surface area contributed by atoms with Gasteiger partial charge in [-0.1, -0.05) is 13.2 Å². The Balaban J connectivity index is 3.06. The predicted molar refractivity (Wildman–Crippen MR) is 60.2 cm³/mol. The van der Waals surface area contributed by atoms with E-state index in [1.807, 2.05) is 30.9 Å². The van der Waals surface area contributed by atoms with Gasteiger partial charge >= 0.3 is 0 Å². The van der Waals surface area contributed by atoms with Crippen LogP contribution in [0.2, 0.25) is 0 Å². The molecule has 2 heteroatoms. The highest BCUT2D eigenvalue weighted by Gasteiger charge is 2.06. The lowest BCUT2D eigenvalue weighted by atomic mass is 10.2. The van der Waals surface area contributed by atoms with Gasteiger partial charge in [-0.25, -0.2) is 0 Å². The molecule has 0 unspecified atom stereocenters. The fourth-order valence-corrected chi connectivity index (χ4v) is 1.37. The van der Waals surface area contributed by atoms with E-state index in [-0.39, 0.29) is 5.75 Å². The summed E-state index contributed by atoms with van der Waals surface area (Å²) in [4.78, 5) is 1.93. The first-order chi connectivity index (χ1) is 6.52. The normalized spacial score (nSPS) is 9.57. The molecule has 1 rings (SSSR count). The lowest BCUT2D eigenvalue weighted by molar-refractivity contribution is 0.475. The molecule has 0 aromatic heterocycles. The van der Waals surface area contributed by atoms with E-state index in [4.69, 9.17) is 5.11 Å². The van der Waals surface area contributed by atoms with Gasteiger partial charge in [0.15, 0.2) is 0 Å². The van der Waals surface area contributed by atoms with E-state index in [2.05, 4.69) is 13.2 Å². The zero-order chi connectivity index (χ0) is 10.7. The van der Waals surface area contributed by atoms with E-state index in [1.54, 1.807) is 12.1 Å². The van der Waals surface area contributed by atoms with Crippen molar-refractivity contribution in [1.82, 2.24) is 0 Å². The molecule has 0 amide bonds. The molecular weight excluding hydrogens is 174 g/mol. The van der Waals surface area contributed by atoms with Crippen molar-refractivity contribution in [3.63, 3.8) is 0 Å². The van der Waals surface area contributed by atoms with Crippen LogP contribution in [0.25, 0.3) is 0 Å². The van der Waals surface area contributed by atoms with Crippen LogP contribution >= 0.6 is 0 Å². The number of hydrogen-bond acceptors (Lipinski definition) is 2. The minimum absolute atomic E-state index is 0.261. The van der Waals surface area contributed by atoms with Crippen LogP contribution in [0.5, 0.6) is 5.75 Å². The molecular formula is C12H15NO. The molecule has 0 heterocycles. The molecule has 0 aliphatic rings. The summed E-state index contributed by atoms with van der Waals surface area (Å²) in [6, 6.07) is 6.96. The number of phenols is 1. The van der Waals surface area contributed by atoms with Gasteiger partial charge in [-0.2, -0.15) is 0 Å². The molecule has 0 radical (unpaired) electrons. The minimum atomic E-state index is 0.261. The fraction of sp³-hybridized carbons (Fsp3) is 0.167. The Morgan fingerprint density at radius 3 is 1.86 bits per heavy atom. The third-order valence-electron chi connectivity index (χ3n) is 1.87. The fourth-order valence-electron chi connectivity index (χ4n) is 1.37. The summed E-state index contributed by atoms with van der Waals surface area (Å²) >= 11 is 0. The van der Waals surface area contributed by atoms with E-state index < -0.39 is 0 Å². The van der Waals surface area contributed by atoms with E-state index >= 15 is 0 Å². The standard InChI is InChI=1S/C12H15NO/c1-9(2)13(10(3)4)11-5-7-12(14)8-6-11/h5-8,14H,1,3H2,2,4H3. The monoisotopic (exact) mass is 189 g/mol. The average Bonchev–Trinajstić information content (AvgIpc) is 2.07. The summed E-state index contributed by atoms with van der Waals surface area (Å²) in [5.41, 5.74) is 2.77. The molecule has 0 aliphatic carbocycles. The van der Waals surface area contributed by atoms with Crippen molar-refractivity contribution in [3.05, 3.63) is 48.8 Å². The van der Waals surface area contributed by atoms with Crippen molar-refractivity contribution in [1.29, 1.82) is 0 Å². The zero-order valence-electron chi connectivity index (χ0n) is 8.62. The van der Waals surface area contributed by atoms with Gasteiger partial charge in [0.1, 0.15) is 5.75 Å². The van der Waals surface area contributed by atoms with E-state index in [0.717, 1.165) is 17.1 Å². The van der Waals surface area contributed by atoms with Crippen molar-refractivity contribution >= 4 is 5.69 Å².